The van der Waals surface area contributed by atoms with Crippen molar-refractivity contribution < 1.29 is 17.9 Å². The summed E-state index contributed by atoms with van der Waals surface area (Å²) in [4.78, 5) is 11.4. The van der Waals surface area contributed by atoms with E-state index in [9.17, 15) is 13.2 Å². The highest BCUT2D eigenvalue weighted by molar-refractivity contribution is 7.92. The molecular formula is C13H19N3O4S. The predicted octanol–water partition coefficient (Wildman–Crippen LogP) is 0.522. The molecule has 1 aliphatic heterocycles. The number of nitrogens with two attached hydrogens (primary N) is 1. The van der Waals surface area contributed by atoms with Gasteiger partial charge in [-0.05, 0) is 31.0 Å². The lowest BCUT2D eigenvalue weighted by Gasteiger charge is -2.29. The Hall–Kier alpha value is -1.80. The molecule has 1 aromatic carbocycles. The van der Waals surface area contributed by atoms with Gasteiger partial charge in [0.25, 0.3) is 0 Å². The number of ether oxygens (including phenoxy) is 1. The molecule has 0 atom stereocenters. The van der Waals surface area contributed by atoms with Crippen molar-refractivity contribution in [3.63, 3.8) is 0 Å². The van der Waals surface area contributed by atoms with Crippen LogP contribution in [0.3, 0.4) is 0 Å². The van der Waals surface area contributed by atoms with E-state index in [1.807, 2.05) is 0 Å². The van der Waals surface area contributed by atoms with Crippen molar-refractivity contribution in [1.29, 1.82) is 0 Å². The second-order valence-electron chi connectivity index (χ2n) is 4.73. The molecule has 0 saturated carbocycles. The summed E-state index contributed by atoms with van der Waals surface area (Å²) >= 11 is 0. The molecule has 2 rings (SSSR count). The maximum absolute atomic E-state index is 12.2. The average Bonchev–Trinajstić information content (AvgIpc) is 2.46. The highest BCUT2D eigenvalue weighted by Crippen LogP contribution is 2.34. The lowest BCUT2D eigenvalue weighted by molar-refractivity contribution is -0.114. The molecule has 3 N–H and O–H groups in total. The highest BCUT2D eigenvalue weighted by atomic mass is 32.2. The van der Waals surface area contributed by atoms with E-state index < -0.39 is 10.0 Å². The Bertz CT molecular complexity index is 630. The van der Waals surface area contributed by atoms with Gasteiger partial charge in [0.05, 0.1) is 25.1 Å². The molecule has 8 heteroatoms. The van der Waals surface area contributed by atoms with Gasteiger partial charge in [0, 0.05) is 12.2 Å². The molecule has 0 aliphatic carbocycles. The first-order chi connectivity index (χ1) is 9.97. The van der Waals surface area contributed by atoms with Crippen molar-refractivity contribution in [2.45, 2.75) is 12.8 Å². The molecule has 1 fully saturated rings. The fourth-order valence-electron chi connectivity index (χ4n) is 2.23. The fraction of sp³-hybridized carbons (Fsp3) is 0.462. The van der Waals surface area contributed by atoms with Gasteiger partial charge < -0.3 is 15.8 Å². The monoisotopic (exact) mass is 313 g/mol. The Balaban J connectivity index is 2.40. The van der Waals surface area contributed by atoms with Crippen LogP contribution >= 0.6 is 0 Å². The summed E-state index contributed by atoms with van der Waals surface area (Å²) < 4.78 is 31.0. The maximum Gasteiger partial charge on any atom is 0.238 e. The molecule has 0 radical (unpaired) electrons. The third kappa shape index (κ3) is 3.45. The molecule has 1 aromatic rings. The van der Waals surface area contributed by atoms with Crippen molar-refractivity contribution in [2.24, 2.45) is 5.73 Å². The van der Waals surface area contributed by atoms with Gasteiger partial charge in [0.15, 0.2) is 0 Å². The van der Waals surface area contributed by atoms with Crippen molar-refractivity contribution in [2.75, 3.05) is 35.6 Å². The van der Waals surface area contributed by atoms with Crippen LogP contribution in [-0.2, 0) is 14.8 Å². The Morgan fingerprint density at radius 2 is 2.19 bits per heavy atom. The van der Waals surface area contributed by atoms with E-state index in [0.717, 1.165) is 6.42 Å². The zero-order valence-corrected chi connectivity index (χ0v) is 12.6. The molecular weight excluding hydrogens is 294 g/mol. The van der Waals surface area contributed by atoms with Gasteiger partial charge in [-0.25, -0.2) is 8.42 Å². The van der Waals surface area contributed by atoms with Crippen LogP contribution in [0.1, 0.15) is 12.8 Å². The first kappa shape index (κ1) is 15.6. The zero-order valence-electron chi connectivity index (χ0n) is 11.8. The summed E-state index contributed by atoms with van der Waals surface area (Å²) in [6.07, 6.45) is 1.45. The minimum Gasteiger partial charge on any atom is -0.495 e. The van der Waals surface area contributed by atoms with Crippen LogP contribution in [0, 0.1) is 0 Å². The number of carbonyl (C=O) groups excluding carboxylic acids is 1. The van der Waals surface area contributed by atoms with Gasteiger partial charge in [0.1, 0.15) is 5.75 Å². The molecule has 0 bridgehead atoms. The SMILES string of the molecule is COc1ccc(NC(=O)CN)cc1N1CCCCS1(=O)=O. The summed E-state index contributed by atoms with van der Waals surface area (Å²) in [6.45, 7) is 0.274. The number of carbonyl (C=O) groups is 1. The number of methoxy groups -OCH3 is 1. The third-order valence-electron chi connectivity index (χ3n) is 3.27. The summed E-state index contributed by atoms with van der Waals surface area (Å²) in [5, 5.41) is 2.61. The number of sulfonamides is 1. The first-order valence-corrected chi connectivity index (χ1v) is 8.27. The average molecular weight is 313 g/mol. The molecule has 21 heavy (non-hydrogen) atoms. The fourth-order valence-corrected chi connectivity index (χ4v) is 3.87. The summed E-state index contributed by atoms with van der Waals surface area (Å²) in [5.74, 6) is 0.231. The van der Waals surface area contributed by atoms with Crippen molar-refractivity contribution >= 4 is 27.3 Å². The van der Waals surface area contributed by atoms with Crippen LogP contribution in [0.25, 0.3) is 0 Å². The molecule has 1 heterocycles. The lowest BCUT2D eigenvalue weighted by atomic mass is 10.2. The van der Waals surface area contributed by atoms with E-state index in [-0.39, 0.29) is 18.2 Å². The van der Waals surface area contributed by atoms with E-state index in [1.165, 1.54) is 11.4 Å². The number of benzene rings is 1. The van der Waals surface area contributed by atoms with Crippen LogP contribution in [-0.4, -0.2) is 40.3 Å². The van der Waals surface area contributed by atoms with Gasteiger partial charge in [-0.1, -0.05) is 0 Å². The lowest BCUT2D eigenvalue weighted by Crippen LogP contribution is -2.38. The van der Waals surface area contributed by atoms with Gasteiger partial charge >= 0.3 is 0 Å². The maximum atomic E-state index is 12.2. The highest BCUT2D eigenvalue weighted by Gasteiger charge is 2.28. The third-order valence-corrected chi connectivity index (χ3v) is 5.12. The Morgan fingerprint density at radius 1 is 1.43 bits per heavy atom. The summed E-state index contributed by atoms with van der Waals surface area (Å²) in [7, 11) is -1.86. The number of nitrogens with zero attached hydrogens (tertiary/aromatic N) is 1. The predicted molar refractivity (Wildman–Crippen MR) is 81.0 cm³/mol. The molecule has 1 aliphatic rings. The van der Waals surface area contributed by atoms with Crippen LogP contribution in [0.5, 0.6) is 5.75 Å². The Labute approximate surface area is 124 Å². The second kappa shape index (κ2) is 6.31. The van der Waals surface area contributed by atoms with E-state index in [4.69, 9.17) is 10.5 Å². The minimum absolute atomic E-state index is 0.121. The van der Waals surface area contributed by atoms with E-state index in [0.29, 0.717) is 30.1 Å². The standard InChI is InChI=1S/C13H19N3O4S/c1-20-12-5-4-10(15-13(17)9-14)8-11(12)16-6-2-3-7-21(16,18)19/h4-5,8H,2-3,6-7,9,14H2,1H3,(H,15,17). The summed E-state index contributed by atoms with van der Waals surface area (Å²) in [5.41, 5.74) is 6.18. The zero-order chi connectivity index (χ0) is 15.5. The van der Waals surface area contributed by atoms with Gasteiger partial charge in [0.2, 0.25) is 15.9 Å². The van der Waals surface area contributed by atoms with Crippen LogP contribution in [0.4, 0.5) is 11.4 Å². The number of amides is 1. The number of hydrogen-bond acceptors (Lipinski definition) is 5. The number of hydrogen-bond donors (Lipinski definition) is 2. The van der Waals surface area contributed by atoms with Gasteiger partial charge in [-0.3, -0.25) is 9.10 Å². The largest absolute Gasteiger partial charge is 0.495 e. The smallest absolute Gasteiger partial charge is 0.238 e. The summed E-state index contributed by atoms with van der Waals surface area (Å²) in [6, 6.07) is 4.87. The normalized spacial score (nSPS) is 17.3. The number of rotatable bonds is 4. The van der Waals surface area contributed by atoms with E-state index >= 15 is 0 Å². The minimum atomic E-state index is -3.34. The van der Waals surface area contributed by atoms with E-state index in [1.54, 1.807) is 18.2 Å². The Morgan fingerprint density at radius 3 is 2.81 bits per heavy atom. The quantitative estimate of drug-likeness (QED) is 0.844. The second-order valence-corrected chi connectivity index (χ2v) is 6.75. The van der Waals surface area contributed by atoms with Crippen molar-refractivity contribution in [3.8, 4) is 5.75 Å². The van der Waals surface area contributed by atoms with Crippen LogP contribution in [0.15, 0.2) is 18.2 Å². The van der Waals surface area contributed by atoms with Gasteiger partial charge in [-0.2, -0.15) is 0 Å². The molecule has 0 unspecified atom stereocenters. The Kier molecular flexibility index (Phi) is 4.69. The van der Waals surface area contributed by atoms with Crippen LogP contribution in [0.2, 0.25) is 0 Å². The van der Waals surface area contributed by atoms with Gasteiger partial charge in [-0.15, -0.1) is 0 Å². The van der Waals surface area contributed by atoms with E-state index in [2.05, 4.69) is 5.32 Å². The molecule has 7 nitrogen and oxygen atoms in total. The molecule has 0 aromatic heterocycles. The molecule has 1 saturated heterocycles. The van der Waals surface area contributed by atoms with Crippen molar-refractivity contribution in [3.05, 3.63) is 18.2 Å². The van der Waals surface area contributed by atoms with Crippen molar-refractivity contribution in [1.82, 2.24) is 0 Å². The number of nitrogens with one attached hydrogen (secondary N) is 1. The molecule has 1 amide bonds. The first-order valence-electron chi connectivity index (χ1n) is 6.66. The molecule has 116 valence electrons. The van der Waals surface area contributed by atoms with Crippen LogP contribution < -0.4 is 20.1 Å². The molecule has 0 spiro atoms. The topological polar surface area (TPSA) is 102 Å². The number of anilines is 2.